The normalized spacial score (nSPS) is 17.2. The van der Waals surface area contributed by atoms with Crippen LogP contribution in [0.4, 0.5) is 0 Å². The zero-order chi connectivity index (χ0) is 15.1. The molecule has 0 bridgehead atoms. The topological polar surface area (TPSA) is 64.3 Å². The Morgan fingerprint density at radius 1 is 1.29 bits per heavy atom. The minimum Gasteiger partial charge on any atom is -0.496 e. The Labute approximate surface area is 127 Å². The number of nitrogens with two attached hydrogens (primary N) is 1. The summed E-state index contributed by atoms with van der Waals surface area (Å²) in [5, 5.41) is 3.07. The van der Waals surface area contributed by atoms with Crippen LogP contribution in [0.5, 0.6) is 5.75 Å². The zero-order valence-corrected chi connectivity index (χ0v) is 12.9. The van der Waals surface area contributed by atoms with E-state index in [9.17, 15) is 4.79 Å². The van der Waals surface area contributed by atoms with Crippen molar-refractivity contribution in [1.29, 1.82) is 0 Å². The molecule has 116 valence electrons. The molecule has 0 radical (unpaired) electrons. The average Bonchev–Trinajstić information content (AvgIpc) is 2.54. The van der Waals surface area contributed by atoms with E-state index in [0.717, 1.165) is 24.2 Å². The summed E-state index contributed by atoms with van der Waals surface area (Å²) in [6, 6.07) is 7.64. The van der Waals surface area contributed by atoms with Gasteiger partial charge in [0.2, 0.25) is 5.91 Å². The molecule has 21 heavy (non-hydrogen) atoms. The molecule has 1 fully saturated rings. The lowest BCUT2D eigenvalue weighted by atomic mass is 9.74. The van der Waals surface area contributed by atoms with Crippen molar-refractivity contribution in [3.63, 3.8) is 0 Å². The first-order valence-corrected chi connectivity index (χ1v) is 7.78. The lowest BCUT2D eigenvalue weighted by Crippen LogP contribution is -2.44. The van der Waals surface area contributed by atoms with Gasteiger partial charge in [-0.2, -0.15) is 0 Å². The summed E-state index contributed by atoms with van der Waals surface area (Å²) in [7, 11) is 1.63. The fourth-order valence-corrected chi connectivity index (χ4v) is 3.13. The molecule has 0 heterocycles. The van der Waals surface area contributed by atoms with Gasteiger partial charge >= 0.3 is 0 Å². The summed E-state index contributed by atoms with van der Waals surface area (Å²) in [4.78, 5) is 12.2. The molecule has 0 saturated heterocycles. The highest BCUT2D eigenvalue weighted by Crippen LogP contribution is 2.34. The number of hydrogen-bond acceptors (Lipinski definition) is 3. The van der Waals surface area contributed by atoms with E-state index in [-0.39, 0.29) is 11.3 Å². The van der Waals surface area contributed by atoms with Crippen molar-refractivity contribution in [3.8, 4) is 5.75 Å². The summed E-state index contributed by atoms with van der Waals surface area (Å²) in [6.45, 7) is 1.35. The van der Waals surface area contributed by atoms with Crippen molar-refractivity contribution in [1.82, 2.24) is 5.32 Å². The predicted octanol–water partition coefficient (Wildman–Crippen LogP) is 2.26. The fraction of sp³-hybridized carbons (Fsp3) is 0.588. The Hall–Kier alpha value is -1.55. The second-order valence-corrected chi connectivity index (χ2v) is 6.03. The Balaban J connectivity index is 1.89. The van der Waals surface area contributed by atoms with Gasteiger partial charge in [-0.25, -0.2) is 0 Å². The highest BCUT2D eigenvalue weighted by Gasteiger charge is 2.30. The van der Waals surface area contributed by atoms with Crippen LogP contribution in [0.25, 0.3) is 0 Å². The third-order valence-electron chi connectivity index (χ3n) is 4.55. The van der Waals surface area contributed by atoms with Crippen LogP contribution in [-0.4, -0.2) is 26.1 Å². The molecule has 1 saturated carbocycles. The second kappa shape index (κ2) is 7.46. The van der Waals surface area contributed by atoms with Gasteiger partial charge in [0.05, 0.1) is 13.5 Å². The Morgan fingerprint density at radius 3 is 2.67 bits per heavy atom. The molecule has 1 aromatic carbocycles. The van der Waals surface area contributed by atoms with E-state index in [1.807, 2.05) is 24.3 Å². The first-order chi connectivity index (χ1) is 10.2. The third kappa shape index (κ3) is 4.21. The number of rotatable bonds is 6. The van der Waals surface area contributed by atoms with E-state index in [1.165, 1.54) is 19.3 Å². The summed E-state index contributed by atoms with van der Waals surface area (Å²) in [6.07, 6.45) is 6.33. The molecule has 1 aliphatic carbocycles. The lowest BCUT2D eigenvalue weighted by molar-refractivity contribution is -0.121. The monoisotopic (exact) mass is 290 g/mol. The molecule has 4 nitrogen and oxygen atoms in total. The number of hydrogen-bond donors (Lipinski definition) is 2. The maximum Gasteiger partial charge on any atom is 0.224 e. The highest BCUT2D eigenvalue weighted by molar-refractivity contribution is 5.79. The van der Waals surface area contributed by atoms with Gasteiger partial charge in [0.1, 0.15) is 5.75 Å². The van der Waals surface area contributed by atoms with E-state index < -0.39 is 0 Å². The molecule has 1 aliphatic rings. The SMILES string of the molecule is COc1ccccc1CC(=O)NCC1(CN)CCCCC1. The number of methoxy groups -OCH3 is 1. The standard InChI is InChI=1S/C17H26N2O2/c1-21-15-8-4-3-7-14(15)11-16(20)19-13-17(12-18)9-5-2-6-10-17/h3-4,7-8H,2,5-6,9-13,18H2,1H3,(H,19,20). The van der Waals surface area contributed by atoms with Crippen LogP contribution in [0.15, 0.2) is 24.3 Å². The quantitative estimate of drug-likeness (QED) is 0.844. The summed E-state index contributed by atoms with van der Waals surface area (Å²) in [5.41, 5.74) is 6.98. The lowest BCUT2D eigenvalue weighted by Gasteiger charge is -2.36. The molecule has 1 aromatic rings. The number of amides is 1. The number of carbonyl (C=O) groups excluding carboxylic acids is 1. The maximum atomic E-state index is 12.2. The highest BCUT2D eigenvalue weighted by atomic mass is 16.5. The Kier molecular flexibility index (Phi) is 5.62. The zero-order valence-electron chi connectivity index (χ0n) is 12.9. The van der Waals surface area contributed by atoms with Crippen molar-refractivity contribution in [2.75, 3.05) is 20.2 Å². The number of benzene rings is 1. The molecular weight excluding hydrogens is 264 g/mol. The number of ether oxygens (including phenoxy) is 1. The van der Waals surface area contributed by atoms with Crippen LogP contribution in [0.2, 0.25) is 0 Å². The molecular formula is C17H26N2O2. The Morgan fingerprint density at radius 2 is 2.00 bits per heavy atom. The van der Waals surface area contributed by atoms with Crippen molar-refractivity contribution >= 4 is 5.91 Å². The third-order valence-corrected chi connectivity index (χ3v) is 4.55. The molecule has 2 rings (SSSR count). The van der Waals surface area contributed by atoms with Gasteiger partial charge in [-0.05, 0) is 30.9 Å². The van der Waals surface area contributed by atoms with Gasteiger partial charge in [0, 0.05) is 12.1 Å². The minimum atomic E-state index is 0.0397. The molecule has 1 amide bonds. The van der Waals surface area contributed by atoms with E-state index >= 15 is 0 Å². The van der Waals surface area contributed by atoms with Gasteiger partial charge in [-0.3, -0.25) is 4.79 Å². The van der Waals surface area contributed by atoms with Crippen molar-refractivity contribution in [2.45, 2.75) is 38.5 Å². The summed E-state index contributed by atoms with van der Waals surface area (Å²) in [5.74, 6) is 0.803. The first kappa shape index (κ1) is 15.8. The van der Waals surface area contributed by atoms with Gasteiger partial charge in [0.25, 0.3) is 0 Å². The number of para-hydroxylation sites is 1. The Bertz CT molecular complexity index is 468. The van der Waals surface area contributed by atoms with E-state index in [4.69, 9.17) is 10.5 Å². The second-order valence-electron chi connectivity index (χ2n) is 6.03. The van der Waals surface area contributed by atoms with Crippen LogP contribution in [0.1, 0.15) is 37.7 Å². The number of carbonyl (C=O) groups is 1. The molecule has 0 aliphatic heterocycles. The molecule has 4 heteroatoms. The minimum absolute atomic E-state index is 0.0397. The maximum absolute atomic E-state index is 12.2. The first-order valence-electron chi connectivity index (χ1n) is 7.78. The number of nitrogens with one attached hydrogen (secondary N) is 1. The molecule has 0 spiro atoms. The van der Waals surface area contributed by atoms with Gasteiger partial charge in [-0.1, -0.05) is 37.5 Å². The van der Waals surface area contributed by atoms with Crippen molar-refractivity contribution in [2.24, 2.45) is 11.1 Å². The van der Waals surface area contributed by atoms with E-state index in [2.05, 4.69) is 5.32 Å². The van der Waals surface area contributed by atoms with Gasteiger partial charge in [-0.15, -0.1) is 0 Å². The molecule has 0 unspecified atom stereocenters. The fourth-order valence-electron chi connectivity index (χ4n) is 3.13. The van der Waals surface area contributed by atoms with Crippen molar-refractivity contribution < 1.29 is 9.53 Å². The summed E-state index contributed by atoms with van der Waals surface area (Å²) >= 11 is 0. The van der Waals surface area contributed by atoms with Gasteiger partial charge < -0.3 is 15.8 Å². The van der Waals surface area contributed by atoms with Crippen LogP contribution < -0.4 is 15.8 Å². The van der Waals surface area contributed by atoms with E-state index in [0.29, 0.717) is 19.5 Å². The van der Waals surface area contributed by atoms with Crippen molar-refractivity contribution in [3.05, 3.63) is 29.8 Å². The largest absolute Gasteiger partial charge is 0.496 e. The molecule has 0 aromatic heterocycles. The molecule has 3 N–H and O–H groups in total. The molecule has 0 atom stereocenters. The summed E-state index contributed by atoms with van der Waals surface area (Å²) < 4.78 is 5.28. The van der Waals surface area contributed by atoms with Crippen LogP contribution in [-0.2, 0) is 11.2 Å². The van der Waals surface area contributed by atoms with Crippen LogP contribution >= 0.6 is 0 Å². The smallest absolute Gasteiger partial charge is 0.224 e. The van der Waals surface area contributed by atoms with Crippen LogP contribution in [0, 0.1) is 5.41 Å². The van der Waals surface area contributed by atoms with Crippen LogP contribution in [0.3, 0.4) is 0 Å². The van der Waals surface area contributed by atoms with E-state index in [1.54, 1.807) is 7.11 Å². The van der Waals surface area contributed by atoms with Gasteiger partial charge in [0.15, 0.2) is 0 Å². The average molecular weight is 290 g/mol. The predicted molar refractivity (Wildman–Crippen MR) is 84.3 cm³/mol.